The molecule has 0 saturated heterocycles. The van der Waals surface area contributed by atoms with E-state index < -0.39 is 0 Å². The smallest absolute Gasteiger partial charge is 0.336 e. The standard InChI is InChI=1S/C19H15ClO5/c1-2-11-6-19(21)25-16-7-13(3-4-14(11)16)22-9-12-5-17-18(8-15(12)20)24-10-23-17/h3-8H,2,9-10H2,1H3. The minimum absolute atomic E-state index is 0.194. The summed E-state index contributed by atoms with van der Waals surface area (Å²) in [6, 6.07) is 10.5. The number of halogens is 1. The van der Waals surface area contributed by atoms with Crippen LogP contribution in [0.25, 0.3) is 11.0 Å². The molecule has 0 atom stereocenters. The summed E-state index contributed by atoms with van der Waals surface area (Å²) in [5.74, 6) is 1.88. The number of ether oxygens (including phenoxy) is 3. The Kier molecular flexibility index (Phi) is 4.01. The summed E-state index contributed by atoms with van der Waals surface area (Å²) in [4.78, 5) is 11.7. The van der Waals surface area contributed by atoms with Crippen LogP contribution in [0, 0.1) is 0 Å². The second-order valence-corrected chi connectivity index (χ2v) is 6.09. The minimum Gasteiger partial charge on any atom is -0.489 e. The monoisotopic (exact) mass is 358 g/mol. The van der Waals surface area contributed by atoms with Crippen molar-refractivity contribution in [1.82, 2.24) is 0 Å². The SMILES string of the molecule is CCc1cc(=O)oc2cc(OCc3cc4c(cc3Cl)OCO4)ccc12. The van der Waals surface area contributed by atoms with Crippen LogP contribution in [0.3, 0.4) is 0 Å². The fourth-order valence-electron chi connectivity index (χ4n) is 2.82. The number of fused-ring (bicyclic) bond motifs is 2. The zero-order valence-electron chi connectivity index (χ0n) is 13.5. The lowest BCUT2D eigenvalue weighted by Crippen LogP contribution is -2.01. The van der Waals surface area contributed by atoms with Gasteiger partial charge >= 0.3 is 5.63 Å². The molecule has 4 rings (SSSR count). The molecule has 0 N–H and O–H groups in total. The van der Waals surface area contributed by atoms with Crippen molar-refractivity contribution in [3.05, 3.63) is 63.0 Å². The first-order valence-electron chi connectivity index (χ1n) is 7.91. The van der Waals surface area contributed by atoms with Crippen molar-refractivity contribution in [3.63, 3.8) is 0 Å². The lowest BCUT2D eigenvalue weighted by Gasteiger charge is -2.10. The Morgan fingerprint density at radius 1 is 1.08 bits per heavy atom. The van der Waals surface area contributed by atoms with Gasteiger partial charge in [-0.1, -0.05) is 18.5 Å². The Bertz CT molecular complexity index is 1010. The van der Waals surface area contributed by atoms with Gasteiger partial charge in [-0.3, -0.25) is 0 Å². The van der Waals surface area contributed by atoms with Gasteiger partial charge in [0, 0.05) is 29.1 Å². The zero-order chi connectivity index (χ0) is 17.4. The molecule has 6 heteroatoms. The van der Waals surface area contributed by atoms with Crippen LogP contribution in [0.2, 0.25) is 5.02 Å². The lowest BCUT2D eigenvalue weighted by atomic mass is 10.1. The zero-order valence-corrected chi connectivity index (χ0v) is 14.3. The Morgan fingerprint density at radius 3 is 2.68 bits per heavy atom. The molecule has 3 aromatic rings. The van der Waals surface area contributed by atoms with E-state index in [0.717, 1.165) is 22.9 Å². The van der Waals surface area contributed by atoms with Gasteiger partial charge in [0.05, 0.1) is 5.02 Å². The third-order valence-electron chi connectivity index (χ3n) is 4.12. The van der Waals surface area contributed by atoms with Crippen LogP contribution in [0.5, 0.6) is 17.2 Å². The molecule has 5 nitrogen and oxygen atoms in total. The molecule has 128 valence electrons. The fraction of sp³-hybridized carbons (Fsp3) is 0.211. The highest BCUT2D eigenvalue weighted by Gasteiger charge is 2.17. The normalized spacial score (nSPS) is 12.6. The van der Waals surface area contributed by atoms with E-state index in [9.17, 15) is 4.79 Å². The van der Waals surface area contributed by atoms with Gasteiger partial charge in [-0.05, 0) is 30.2 Å². The number of benzene rings is 2. The predicted octanol–water partition coefficient (Wildman–Crippen LogP) is 4.32. The second kappa shape index (κ2) is 6.33. The Morgan fingerprint density at radius 2 is 1.88 bits per heavy atom. The van der Waals surface area contributed by atoms with Crippen LogP contribution in [0.1, 0.15) is 18.1 Å². The molecule has 1 aliphatic rings. The molecule has 2 aromatic carbocycles. The molecule has 25 heavy (non-hydrogen) atoms. The maximum Gasteiger partial charge on any atom is 0.336 e. The molecule has 1 aliphatic heterocycles. The van der Waals surface area contributed by atoms with Gasteiger partial charge in [0.2, 0.25) is 6.79 Å². The van der Waals surface area contributed by atoms with Crippen molar-refractivity contribution in [2.45, 2.75) is 20.0 Å². The third-order valence-corrected chi connectivity index (χ3v) is 4.47. The molecule has 0 bridgehead atoms. The summed E-state index contributed by atoms with van der Waals surface area (Å²) >= 11 is 6.25. The topological polar surface area (TPSA) is 57.9 Å². The molecule has 0 saturated carbocycles. The van der Waals surface area contributed by atoms with Crippen LogP contribution in [-0.4, -0.2) is 6.79 Å². The predicted molar refractivity (Wildman–Crippen MR) is 93.8 cm³/mol. The Hall–Kier alpha value is -2.66. The number of hydrogen-bond donors (Lipinski definition) is 0. The fourth-order valence-corrected chi connectivity index (χ4v) is 3.03. The molecule has 0 amide bonds. The highest BCUT2D eigenvalue weighted by atomic mass is 35.5. The average molecular weight is 359 g/mol. The summed E-state index contributed by atoms with van der Waals surface area (Å²) in [6.07, 6.45) is 0.759. The van der Waals surface area contributed by atoms with Gasteiger partial charge in [0.15, 0.2) is 11.5 Å². The van der Waals surface area contributed by atoms with Crippen molar-refractivity contribution in [1.29, 1.82) is 0 Å². The van der Waals surface area contributed by atoms with Gasteiger partial charge in [-0.2, -0.15) is 0 Å². The Balaban J connectivity index is 1.60. The molecule has 0 radical (unpaired) electrons. The molecule has 0 fully saturated rings. The van der Waals surface area contributed by atoms with E-state index in [-0.39, 0.29) is 19.0 Å². The number of rotatable bonds is 4. The third kappa shape index (κ3) is 3.03. The van der Waals surface area contributed by atoms with Crippen LogP contribution < -0.4 is 19.8 Å². The van der Waals surface area contributed by atoms with Crippen LogP contribution in [0.15, 0.2) is 45.6 Å². The molecule has 0 unspecified atom stereocenters. The van der Waals surface area contributed by atoms with E-state index >= 15 is 0 Å². The largest absolute Gasteiger partial charge is 0.489 e. The van der Waals surface area contributed by atoms with Crippen molar-refractivity contribution < 1.29 is 18.6 Å². The molecule has 0 spiro atoms. The van der Waals surface area contributed by atoms with Gasteiger partial charge < -0.3 is 18.6 Å². The van der Waals surface area contributed by atoms with E-state index in [1.165, 1.54) is 6.07 Å². The van der Waals surface area contributed by atoms with Crippen molar-refractivity contribution in [2.75, 3.05) is 6.79 Å². The van der Waals surface area contributed by atoms with E-state index in [1.807, 2.05) is 19.1 Å². The van der Waals surface area contributed by atoms with Gasteiger partial charge in [0.25, 0.3) is 0 Å². The second-order valence-electron chi connectivity index (χ2n) is 5.69. The quantitative estimate of drug-likeness (QED) is 0.650. The van der Waals surface area contributed by atoms with Crippen molar-refractivity contribution in [3.8, 4) is 17.2 Å². The maximum absolute atomic E-state index is 11.7. The summed E-state index contributed by atoms with van der Waals surface area (Å²) in [5.41, 5.74) is 1.89. The van der Waals surface area contributed by atoms with Crippen LogP contribution in [0.4, 0.5) is 0 Å². The highest BCUT2D eigenvalue weighted by molar-refractivity contribution is 6.31. The van der Waals surface area contributed by atoms with Crippen molar-refractivity contribution in [2.24, 2.45) is 0 Å². The van der Waals surface area contributed by atoms with Crippen LogP contribution >= 0.6 is 11.6 Å². The first-order valence-corrected chi connectivity index (χ1v) is 8.29. The Labute approximate surface area is 148 Å². The summed E-state index contributed by atoms with van der Waals surface area (Å²) < 4.78 is 21.7. The number of hydrogen-bond acceptors (Lipinski definition) is 5. The first kappa shape index (κ1) is 15.8. The van der Waals surface area contributed by atoms with Gasteiger partial charge in [0.1, 0.15) is 17.9 Å². The number of aryl methyl sites for hydroxylation is 1. The summed E-state index contributed by atoms with van der Waals surface area (Å²) in [5, 5.41) is 1.46. The van der Waals surface area contributed by atoms with Gasteiger partial charge in [-0.15, -0.1) is 0 Å². The van der Waals surface area contributed by atoms with E-state index in [0.29, 0.717) is 27.9 Å². The van der Waals surface area contributed by atoms with Gasteiger partial charge in [-0.25, -0.2) is 4.79 Å². The lowest BCUT2D eigenvalue weighted by molar-refractivity contribution is 0.174. The van der Waals surface area contributed by atoms with E-state index in [1.54, 1.807) is 18.2 Å². The molecular formula is C19H15ClO5. The molecule has 1 aromatic heterocycles. The minimum atomic E-state index is -0.361. The molecular weight excluding hydrogens is 344 g/mol. The van der Waals surface area contributed by atoms with E-state index in [4.69, 9.17) is 30.2 Å². The average Bonchev–Trinajstić information content (AvgIpc) is 3.05. The van der Waals surface area contributed by atoms with Crippen molar-refractivity contribution >= 4 is 22.6 Å². The van der Waals surface area contributed by atoms with Crippen LogP contribution in [-0.2, 0) is 13.0 Å². The molecule has 0 aliphatic carbocycles. The maximum atomic E-state index is 11.7. The summed E-state index contributed by atoms with van der Waals surface area (Å²) in [7, 11) is 0. The van der Waals surface area contributed by atoms with E-state index in [2.05, 4.69) is 0 Å². The highest BCUT2D eigenvalue weighted by Crippen LogP contribution is 2.37. The summed E-state index contributed by atoms with van der Waals surface area (Å²) in [6.45, 7) is 2.46. The molecule has 2 heterocycles. The first-order chi connectivity index (χ1) is 12.1.